The Labute approximate surface area is 270 Å². The zero-order valence-corrected chi connectivity index (χ0v) is 25.4. The van der Waals surface area contributed by atoms with Gasteiger partial charge >= 0.3 is 0 Å². The molecule has 0 bridgehead atoms. The molecule has 2 aromatic heterocycles. The Hall–Kier alpha value is -6.32. The molecule has 3 nitrogen and oxygen atoms in total. The van der Waals surface area contributed by atoms with Crippen LogP contribution in [0.5, 0.6) is 0 Å². The Morgan fingerprint density at radius 1 is 0.362 bits per heavy atom. The predicted octanol–water partition coefficient (Wildman–Crippen LogP) is 12.9. The smallest absolute Gasteiger partial charge is 0.137 e. The summed E-state index contributed by atoms with van der Waals surface area (Å²) < 4.78 is 12.7. The molecule has 0 saturated heterocycles. The average Bonchev–Trinajstić information content (AvgIpc) is 3.71. The average molecular weight is 602 g/mol. The zero-order valence-electron chi connectivity index (χ0n) is 25.4. The van der Waals surface area contributed by atoms with Crippen LogP contribution in [0.15, 0.2) is 173 Å². The summed E-state index contributed by atoms with van der Waals surface area (Å²) in [6.45, 7) is 0. The molecule has 8 aromatic carbocycles. The van der Waals surface area contributed by atoms with Gasteiger partial charge < -0.3 is 13.7 Å². The second kappa shape index (κ2) is 10.1. The van der Waals surface area contributed by atoms with Crippen molar-refractivity contribution >= 4 is 82.5 Å². The van der Waals surface area contributed by atoms with Gasteiger partial charge in [0.2, 0.25) is 0 Å². The Morgan fingerprint density at radius 2 is 0.851 bits per heavy atom. The highest BCUT2D eigenvalue weighted by molar-refractivity contribution is 6.18. The Kier molecular flexibility index (Phi) is 5.57. The molecule has 3 heteroatoms. The summed E-state index contributed by atoms with van der Waals surface area (Å²) in [6, 6.07) is 57.9. The van der Waals surface area contributed by atoms with E-state index in [-0.39, 0.29) is 0 Å². The second-order valence-electron chi connectivity index (χ2n) is 12.1. The predicted molar refractivity (Wildman–Crippen MR) is 196 cm³/mol. The van der Waals surface area contributed by atoms with Crippen molar-refractivity contribution in [3.05, 3.63) is 164 Å². The fourth-order valence-electron chi connectivity index (χ4n) is 7.38. The van der Waals surface area contributed by atoms with Gasteiger partial charge in [-0.25, -0.2) is 0 Å². The SMILES string of the molecule is c1ccc2c(c1)cc(-c1ccc(N(c3cccc4oc5ccccc5c34)c3cccc4oc5ccccc5c34)cc1)c1ccccc12. The van der Waals surface area contributed by atoms with Crippen LogP contribution in [0, 0.1) is 0 Å². The van der Waals surface area contributed by atoms with E-state index in [9.17, 15) is 0 Å². The molecule has 220 valence electrons. The molecular weight excluding hydrogens is 574 g/mol. The monoisotopic (exact) mass is 601 g/mol. The van der Waals surface area contributed by atoms with Crippen molar-refractivity contribution in [2.45, 2.75) is 0 Å². The molecule has 0 aliphatic rings. The lowest BCUT2D eigenvalue weighted by molar-refractivity contribution is 0.668. The molecule has 10 aromatic rings. The van der Waals surface area contributed by atoms with E-state index in [1.54, 1.807) is 0 Å². The Morgan fingerprint density at radius 3 is 1.47 bits per heavy atom. The lowest BCUT2D eigenvalue weighted by Crippen LogP contribution is -2.10. The molecule has 0 unspecified atom stereocenters. The lowest BCUT2D eigenvalue weighted by atomic mass is 9.93. The maximum atomic E-state index is 6.37. The van der Waals surface area contributed by atoms with Gasteiger partial charge in [-0.15, -0.1) is 0 Å². The third-order valence-corrected chi connectivity index (χ3v) is 9.45. The highest BCUT2D eigenvalue weighted by atomic mass is 16.3. The molecular formula is C44H27NO2. The number of nitrogens with zero attached hydrogens (tertiary/aromatic N) is 1. The first kappa shape index (κ1) is 26.0. The van der Waals surface area contributed by atoms with Gasteiger partial charge in [0.25, 0.3) is 0 Å². The molecule has 0 spiro atoms. The van der Waals surface area contributed by atoms with Gasteiger partial charge in [0.05, 0.1) is 22.1 Å². The van der Waals surface area contributed by atoms with E-state index in [1.165, 1.54) is 32.7 Å². The molecule has 10 rings (SSSR count). The molecule has 0 N–H and O–H groups in total. The van der Waals surface area contributed by atoms with Crippen LogP contribution >= 0.6 is 0 Å². The third kappa shape index (κ3) is 3.93. The van der Waals surface area contributed by atoms with Crippen LogP contribution in [-0.4, -0.2) is 0 Å². The van der Waals surface area contributed by atoms with Crippen LogP contribution in [0.1, 0.15) is 0 Å². The molecule has 0 atom stereocenters. The quantitative estimate of drug-likeness (QED) is 0.188. The summed E-state index contributed by atoms with van der Waals surface area (Å²) in [4.78, 5) is 2.36. The van der Waals surface area contributed by atoms with E-state index in [0.29, 0.717) is 0 Å². The van der Waals surface area contributed by atoms with Crippen LogP contribution in [0.25, 0.3) is 76.5 Å². The minimum Gasteiger partial charge on any atom is -0.456 e. The molecule has 0 aliphatic heterocycles. The summed E-state index contributed by atoms with van der Waals surface area (Å²) in [5.41, 5.74) is 9.02. The van der Waals surface area contributed by atoms with Crippen molar-refractivity contribution in [2.24, 2.45) is 0 Å². The number of hydrogen-bond donors (Lipinski definition) is 0. The maximum absolute atomic E-state index is 6.37. The number of furan rings is 2. The van der Waals surface area contributed by atoms with Crippen LogP contribution < -0.4 is 4.90 Å². The number of para-hydroxylation sites is 2. The minimum atomic E-state index is 0.859. The lowest BCUT2D eigenvalue weighted by Gasteiger charge is -2.27. The maximum Gasteiger partial charge on any atom is 0.137 e. The fourth-order valence-corrected chi connectivity index (χ4v) is 7.38. The number of rotatable bonds is 4. The van der Waals surface area contributed by atoms with Crippen LogP contribution in [-0.2, 0) is 0 Å². The molecule has 0 aliphatic carbocycles. The molecule has 0 radical (unpaired) electrons. The van der Waals surface area contributed by atoms with Crippen molar-refractivity contribution in [2.75, 3.05) is 4.90 Å². The molecule has 0 amide bonds. The largest absolute Gasteiger partial charge is 0.456 e. The standard InChI is InChI=1S/C44H27NO2/c1-2-12-31-29(11-1)27-36(33-14-4-3-13-32(31)33)28-23-25-30(26-24-28)45(37-17-9-21-41-43(37)34-15-5-7-19-39(34)46-41)38-18-10-22-42-44(38)35-16-6-8-20-40(35)47-42/h1-27H. The Balaban J connectivity index is 1.23. The van der Waals surface area contributed by atoms with E-state index < -0.39 is 0 Å². The number of anilines is 3. The van der Waals surface area contributed by atoms with Gasteiger partial charge in [-0.05, 0) is 87.3 Å². The highest BCUT2D eigenvalue weighted by Gasteiger charge is 2.23. The summed E-state index contributed by atoms with van der Waals surface area (Å²) in [5.74, 6) is 0. The second-order valence-corrected chi connectivity index (χ2v) is 12.1. The molecule has 2 heterocycles. The summed E-state index contributed by atoms with van der Waals surface area (Å²) in [7, 11) is 0. The van der Waals surface area contributed by atoms with Crippen molar-refractivity contribution in [3.63, 3.8) is 0 Å². The van der Waals surface area contributed by atoms with Crippen LogP contribution in [0.4, 0.5) is 17.1 Å². The number of hydrogen-bond acceptors (Lipinski definition) is 3. The molecule has 47 heavy (non-hydrogen) atoms. The first-order chi connectivity index (χ1) is 23.3. The number of benzene rings is 8. The van der Waals surface area contributed by atoms with E-state index in [2.05, 4.69) is 144 Å². The Bertz CT molecular complexity index is 2690. The van der Waals surface area contributed by atoms with E-state index >= 15 is 0 Å². The zero-order chi connectivity index (χ0) is 30.9. The summed E-state index contributed by atoms with van der Waals surface area (Å²) >= 11 is 0. The third-order valence-electron chi connectivity index (χ3n) is 9.45. The fraction of sp³-hybridized carbons (Fsp3) is 0. The number of fused-ring (bicyclic) bond motifs is 9. The summed E-state index contributed by atoms with van der Waals surface area (Å²) in [5, 5.41) is 9.37. The van der Waals surface area contributed by atoms with Gasteiger partial charge in [0.15, 0.2) is 0 Å². The first-order valence-electron chi connectivity index (χ1n) is 15.9. The minimum absolute atomic E-state index is 0.859. The van der Waals surface area contributed by atoms with Crippen LogP contribution in [0.2, 0.25) is 0 Å². The van der Waals surface area contributed by atoms with Gasteiger partial charge in [-0.1, -0.05) is 109 Å². The highest BCUT2D eigenvalue weighted by Crippen LogP contribution is 2.47. The normalized spacial score (nSPS) is 11.8. The van der Waals surface area contributed by atoms with Gasteiger partial charge in [-0.3, -0.25) is 0 Å². The van der Waals surface area contributed by atoms with Crippen molar-refractivity contribution < 1.29 is 8.83 Å². The van der Waals surface area contributed by atoms with E-state index in [4.69, 9.17) is 8.83 Å². The molecule has 0 fully saturated rings. The van der Waals surface area contributed by atoms with Crippen molar-refractivity contribution in [3.8, 4) is 11.1 Å². The summed E-state index contributed by atoms with van der Waals surface area (Å²) in [6.07, 6.45) is 0. The first-order valence-corrected chi connectivity index (χ1v) is 15.9. The van der Waals surface area contributed by atoms with E-state index in [1.807, 2.05) is 24.3 Å². The van der Waals surface area contributed by atoms with Gasteiger partial charge in [0, 0.05) is 16.5 Å². The molecule has 0 saturated carbocycles. The van der Waals surface area contributed by atoms with Gasteiger partial charge in [-0.2, -0.15) is 0 Å². The topological polar surface area (TPSA) is 29.5 Å². The van der Waals surface area contributed by atoms with Crippen molar-refractivity contribution in [1.29, 1.82) is 0 Å². The van der Waals surface area contributed by atoms with Crippen LogP contribution in [0.3, 0.4) is 0 Å². The van der Waals surface area contributed by atoms with Gasteiger partial charge in [0.1, 0.15) is 22.3 Å². The van der Waals surface area contributed by atoms with E-state index in [0.717, 1.165) is 60.9 Å². The van der Waals surface area contributed by atoms with Crippen molar-refractivity contribution in [1.82, 2.24) is 0 Å².